The van der Waals surface area contributed by atoms with Crippen molar-refractivity contribution in [3.05, 3.63) is 35.6 Å². The minimum Gasteiger partial charge on any atom is -0.481 e. The first-order valence-electron chi connectivity index (χ1n) is 7.35. The summed E-state index contributed by atoms with van der Waals surface area (Å²) in [6.45, 7) is 1.44. The van der Waals surface area contributed by atoms with Gasteiger partial charge >= 0.3 is 5.97 Å². The van der Waals surface area contributed by atoms with Crippen molar-refractivity contribution in [3.63, 3.8) is 0 Å². The fraction of sp³-hybridized carbons (Fsp3) is 0.500. The van der Waals surface area contributed by atoms with E-state index in [0.29, 0.717) is 26.2 Å². The highest BCUT2D eigenvalue weighted by molar-refractivity contribution is 5.82. The molecule has 1 aromatic rings. The highest BCUT2D eigenvalue weighted by Gasteiger charge is 2.54. The second-order valence-corrected chi connectivity index (χ2v) is 6.06. The number of carbonyl (C=O) groups is 2. The average molecular weight is 307 g/mol. The number of halogens is 1. The Labute approximate surface area is 127 Å². The summed E-state index contributed by atoms with van der Waals surface area (Å²) in [4.78, 5) is 25.7. The molecule has 0 unspecified atom stereocenters. The van der Waals surface area contributed by atoms with Crippen molar-refractivity contribution >= 4 is 11.9 Å². The number of carboxylic acids is 1. The van der Waals surface area contributed by atoms with Crippen LogP contribution in [-0.4, -0.2) is 48.2 Å². The van der Waals surface area contributed by atoms with Crippen molar-refractivity contribution in [2.45, 2.75) is 12.8 Å². The fourth-order valence-corrected chi connectivity index (χ4v) is 3.38. The van der Waals surface area contributed by atoms with E-state index in [4.69, 9.17) is 4.74 Å². The van der Waals surface area contributed by atoms with Gasteiger partial charge in [0.15, 0.2) is 0 Å². The molecule has 0 spiro atoms. The van der Waals surface area contributed by atoms with Crippen LogP contribution in [0.15, 0.2) is 24.3 Å². The van der Waals surface area contributed by atoms with E-state index in [1.807, 2.05) is 0 Å². The lowest BCUT2D eigenvalue weighted by Crippen LogP contribution is -2.45. The molecule has 2 aliphatic heterocycles. The number of hydrogen-bond acceptors (Lipinski definition) is 3. The molecular weight excluding hydrogens is 289 g/mol. The third-order valence-electron chi connectivity index (χ3n) is 4.75. The monoisotopic (exact) mass is 307 g/mol. The highest BCUT2D eigenvalue weighted by Crippen LogP contribution is 2.42. The number of amides is 1. The Balaban J connectivity index is 1.72. The molecule has 0 aliphatic carbocycles. The van der Waals surface area contributed by atoms with Crippen LogP contribution in [0.25, 0.3) is 0 Å². The molecule has 5 nitrogen and oxygen atoms in total. The molecule has 2 saturated heterocycles. The zero-order valence-corrected chi connectivity index (χ0v) is 12.1. The Morgan fingerprint density at radius 1 is 1.36 bits per heavy atom. The Hall–Kier alpha value is -1.95. The van der Waals surface area contributed by atoms with Gasteiger partial charge in [-0.15, -0.1) is 0 Å². The standard InChI is InChI=1S/C16H18FNO4/c17-13-3-1-11(2-4-13)7-14(19)18-8-12-9-22-6-5-16(12,10-18)15(20)21/h1-4,12H,5-10H2,(H,20,21)/t12-,16+/m0/s1. The summed E-state index contributed by atoms with van der Waals surface area (Å²) >= 11 is 0. The summed E-state index contributed by atoms with van der Waals surface area (Å²) in [5.74, 6) is -1.47. The highest BCUT2D eigenvalue weighted by atomic mass is 19.1. The lowest BCUT2D eigenvalue weighted by Gasteiger charge is -2.33. The molecule has 2 atom stereocenters. The first-order valence-corrected chi connectivity index (χ1v) is 7.35. The van der Waals surface area contributed by atoms with E-state index >= 15 is 0 Å². The van der Waals surface area contributed by atoms with Crippen LogP contribution in [0.5, 0.6) is 0 Å². The van der Waals surface area contributed by atoms with Crippen molar-refractivity contribution in [2.24, 2.45) is 11.3 Å². The van der Waals surface area contributed by atoms with Crippen LogP contribution in [0, 0.1) is 17.2 Å². The second-order valence-electron chi connectivity index (χ2n) is 6.06. The first kappa shape index (κ1) is 15.0. The van der Waals surface area contributed by atoms with Gasteiger partial charge in [0.2, 0.25) is 5.91 Å². The molecule has 118 valence electrons. The van der Waals surface area contributed by atoms with Crippen LogP contribution < -0.4 is 0 Å². The number of fused-ring (bicyclic) bond motifs is 1. The van der Waals surface area contributed by atoms with Gasteiger partial charge in [-0.2, -0.15) is 0 Å². The number of nitrogens with zero attached hydrogens (tertiary/aromatic N) is 1. The van der Waals surface area contributed by atoms with Gasteiger partial charge in [0, 0.05) is 25.6 Å². The van der Waals surface area contributed by atoms with E-state index in [0.717, 1.165) is 5.56 Å². The number of benzene rings is 1. The second kappa shape index (κ2) is 5.68. The number of likely N-dealkylation sites (tertiary alicyclic amines) is 1. The smallest absolute Gasteiger partial charge is 0.311 e. The first-order chi connectivity index (χ1) is 10.5. The predicted octanol–water partition coefficient (Wildman–Crippen LogP) is 1.32. The lowest BCUT2D eigenvalue weighted by atomic mass is 9.74. The summed E-state index contributed by atoms with van der Waals surface area (Å²) in [5.41, 5.74) is -0.154. The van der Waals surface area contributed by atoms with Crippen molar-refractivity contribution in [2.75, 3.05) is 26.3 Å². The average Bonchev–Trinajstić information content (AvgIpc) is 2.91. The van der Waals surface area contributed by atoms with Gasteiger partial charge in [0.25, 0.3) is 0 Å². The Morgan fingerprint density at radius 2 is 2.09 bits per heavy atom. The van der Waals surface area contributed by atoms with Gasteiger partial charge in [-0.3, -0.25) is 9.59 Å². The van der Waals surface area contributed by atoms with Crippen LogP contribution in [-0.2, 0) is 20.7 Å². The summed E-state index contributed by atoms with van der Waals surface area (Å²) in [5, 5.41) is 9.58. The Morgan fingerprint density at radius 3 is 2.73 bits per heavy atom. The van der Waals surface area contributed by atoms with Gasteiger partial charge in [-0.25, -0.2) is 4.39 Å². The zero-order chi connectivity index (χ0) is 15.7. The lowest BCUT2D eigenvalue weighted by molar-refractivity contribution is -0.157. The molecule has 1 amide bonds. The molecule has 2 fully saturated rings. The number of hydrogen-bond donors (Lipinski definition) is 1. The molecule has 6 heteroatoms. The summed E-state index contributed by atoms with van der Waals surface area (Å²) in [6.07, 6.45) is 0.594. The van der Waals surface area contributed by atoms with E-state index in [1.54, 1.807) is 17.0 Å². The minimum absolute atomic E-state index is 0.123. The number of rotatable bonds is 3. The van der Waals surface area contributed by atoms with Gasteiger partial charge in [0.1, 0.15) is 5.82 Å². The molecule has 3 rings (SSSR count). The van der Waals surface area contributed by atoms with Crippen molar-refractivity contribution in [1.82, 2.24) is 4.90 Å². The SMILES string of the molecule is O=C(Cc1ccc(F)cc1)N1C[C@H]2COCC[C@@]2(C(=O)O)C1. The molecule has 0 aromatic heterocycles. The van der Waals surface area contributed by atoms with Crippen molar-refractivity contribution < 1.29 is 23.8 Å². The molecule has 2 aliphatic rings. The third-order valence-corrected chi connectivity index (χ3v) is 4.75. The molecule has 0 radical (unpaired) electrons. The number of ether oxygens (including phenoxy) is 1. The molecule has 0 saturated carbocycles. The molecule has 22 heavy (non-hydrogen) atoms. The van der Waals surface area contributed by atoms with E-state index < -0.39 is 11.4 Å². The van der Waals surface area contributed by atoms with Crippen LogP contribution >= 0.6 is 0 Å². The quantitative estimate of drug-likeness (QED) is 0.914. The van der Waals surface area contributed by atoms with Gasteiger partial charge < -0.3 is 14.7 Å². The van der Waals surface area contributed by atoms with Crippen molar-refractivity contribution in [3.8, 4) is 0 Å². The topological polar surface area (TPSA) is 66.8 Å². The van der Waals surface area contributed by atoms with E-state index in [1.165, 1.54) is 12.1 Å². The summed E-state index contributed by atoms with van der Waals surface area (Å²) < 4.78 is 18.3. The van der Waals surface area contributed by atoms with Crippen molar-refractivity contribution in [1.29, 1.82) is 0 Å². The van der Waals surface area contributed by atoms with E-state index in [2.05, 4.69) is 0 Å². The number of carboxylic acid groups (broad SMARTS) is 1. The largest absolute Gasteiger partial charge is 0.481 e. The third kappa shape index (κ3) is 2.59. The molecule has 2 heterocycles. The molecular formula is C16H18FNO4. The van der Waals surface area contributed by atoms with Gasteiger partial charge in [-0.1, -0.05) is 12.1 Å². The molecule has 1 aromatic carbocycles. The number of aliphatic carboxylic acids is 1. The maximum Gasteiger partial charge on any atom is 0.311 e. The zero-order valence-electron chi connectivity index (χ0n) is 12.1. The van der Waals surface area contributed by atoms with Crippen LogP contribution in [0.2, 0.25) is 0 Å². The van der Waals surface area contributed by atoms with Crippen LogP contribution in [0.1, 0.15) is 12.0 Å². The number of carbonyl (C=O) groups excluding carboxylic acids is 1. The molecule has 1 N–H and O–H groups in total. The Kier molecular flexibility index (Phi) is 3.87. The Bertz CT molecular complexity index is 588. The fourth-order valence-electron chi connectivity index (χ4n) is 3.38. The minimum atomic E-state index is -0.878. The van der Waals surface area contributed by atoms with Crippen LogP contribution in [0.4, 0.5) is 4.39 Å². The maximum atomic E-state index is 12.9. The van der Waals surface area contributed by atoms with Gasteiger partial charge in [-0.05, 0) is 24.1 Å². The summed E-state index contributed by atoms with van der Waals surface area (Å²) in [7, 11) is 0. The van der Waals surface area contributed by atoms with E-state index in [9.17, 15) is 19.1 Å². The normalized spacial score (nSPS) is 27.5. The molecule has 0 bridgehead atoms. The maximum absolute atomic E-state index is 12.9. The predicted molar refractivity (Wildman–Crippen MR) is 75.7 cm³/mol. The van der Waals surface area contributed by atoms with Crippen LogP contribution in [0.3, 0.4) is 0 Å². The van der Waals surface area contributed by atoms with Gasteiger partial charge in [0.05, 0.1) is 18.4 Å². The summed E-state index contributed by atoms with van der Waals surface area (Å²) in [6, 6.07) is 5.79. The van der Waals surface area contributed by atoms with E-state index in [-0.39, 0.29) is 30.6 Å².